The molecule has 4 rings (SSSR count). The molecular weight excluding hydrogens is 380 g/mol. The van der Waals surface area contributed by atoms with Crippen molar-refractivity contribution in [2.75, 3.05) is 18.0 Å². The topological polar surface area (TPSA) is 95.8 Å². The molecule has 2 atom stereocenters. The normalized spacial score (nSPS) is 26.8. The number of carbonyl (C=O) groups excluding carboxylic acids is 2. The first-order valence-corrected chi connectivity index (χ1v) is 10.0. The Labute approximate surface area is 168 Å². The Morgan fingerprint density at radius 3 is 2.86 bits per heavy atom. The summed E-state index contributed by atoms with van der Waals surface area (Å²) in [6, 6.07) is 4.46. The second-order valence-electron chi connectivity index (χ2n) is 7.64. The Bertz CT molecular complexity index is 889. The van der Waals surface area contributed by atoms with Crippen LogP contribution in [0.3, 0.4) is 0 Å². The van der Waals surface area contributed by atoms with Crippen LogP contribution in [0, 0.1) is 15.5 Å². The van der Waals surface area contributed by atoms with Crippen LogP contribution in [0.1, 0.15) is 38.2 Å². The van der Waals surface area contributed by atoms with Gasteiger partial charge in [-0.1, -0.05) is 6.92 Å². The fourth-order valence-corrected chi connectivity index (χ4v) is 5.11. The van der Waals surface area contributed by atoms with Gasteiger partial charge in [-0.25, -0.2) is 0 Å². The largest absolute Gasteiger partial charge is 0.367 e. The summed E-state index contributed by atoms with van der Waals surface area (Å²) in [6.07, 6.45) is 3.48. The van der Waals surface area contributed by atoms with Crippen LogP contribution in [0.25, 0.3) is 0 Å². The minimum absolute atomic E-state index is 0.0334. The molecule has 3 heterocycles. The molecule has 0 radical (unpaired) electrons. The van der Waals surface area contributed by atoms with Crippen molar-refractivity contribution < 1.29 is 14.5 Å². The lowest BCUT2D eigenvalue weighted by Crippen LogP contribution is -2.72. The van der Waals surface area contributed by atoms with Gasteiger partial charge in [-0.2, -0.15) is 0 Å². The van der Waals surface area contributed by atoms with E-state index in [2.05, 4.69) is 10.2 Å². The first-order valence-electron chi connectivity index (χ1n) is 9.61. The Kier molecular flexibility index (Phi) is 4.57. The van der Waals surface area contributed by atoms with E-state index >= 15 is 0 Å². The van der Waals surface area contributed by atoms with Crippen LogP contribution >= 0.6 is 12.2 Å². The zero-order chi connectivity index (χ0) is 20.1. The standard InChI is InChI=1S/C19H22N4O4S/c1-2-8-22-17(25)19(16(24)20-18(22)28)11-12-10-13(23(26)27)6-7-14(12)21-9-4-3-5-15(19)21/h6-7,10,15H,2-5,8-9,11H2,1H3,(H,20,24,28). The van der Waals surface area contributed by atoms with E-state index in [1.807, 2.05) is 6.92 Å². The van der Waals surface area contributed by atoms with Crippen molar-refractivity contribution in [1.82, 2.24) is 10.2 Å². The van der Waals surface area contributed by atoms with Crippen LogP contribution in [0.2, 0.25) is 0 Å². The maximum Gasteiger partial charge on any atom is 0.269 e. The van der Waals surface area contributed by atoms with Gasteiger partial charge >= 0.3 is 0 Å². The smallest absolute Gasteiger partial charge is 0.269 e. The van der Waals surface area contributed by atoms with Gasteiger partial charge in [0.05, 0.1) is 11.0 Å². The molecule has 0 aromatic heterocycles. The highest BCUT2D eigenvalue weighted by Gasteiger charge is 2.61. The van der Waals surface area contributed by atoms with Crippen LogP contribution in [0.4, 0.5) is 11.4 Å². The van der Waals surface area contributed by atoms with Gasteiger partial charge in [-0.05, 0) is 49.5 Å². The number of thiocarbonyl (C=S) groups is 1. The molecule has 1 spiro atoms. The number of nitrogens with one attached hydrogen (secondary N) is 1. The summed E-state index contributed by atoms with van der Waals surface area (Å²) in [5.74, 6) is -0.666. The molecule has 0 saturated carbocycles. The highest BCUT2D eigenvalue weighted by Crippen LogP contribution is 2.48. The SMILES string of the molecule is CCCN1C(=O)C2(Cc3cc([N+](=O)[O-])ccc3N3CCCCC32)C(=O)NC1=S. The number of hydrogen-bond donors (Lipinski definition) is 1. The van der Waals surface area contributed by atoms with E-state index in [-0.39, 0.29) is 35.1 Å². The first kappa shape index (κ1) is 18.8. The number of amides is 2. The Morgan fingerprint density at radius 2 is 2.14 bits per heavy atom. The van der Waals surface area contributed by atoms with Gasteiger partial charge in [0.1, 0.15) is 0 Å². The third-order valence-corrected chi connectivity index (χ3v) is 6.39. The number of carbonyl (C=O) groups is 2. The Balaban J connectivity index is 1.87. The summed E-state index contributed by atoms with van der Waals surface area (Å²) < 4.78 is 0. The number of nitro benzene ring substituents is 1. The van der Waals surface area contributed by atoms with Crippen molar-refractivity contribution in [3.05, 3.63) is 33.9 Å². The molecule has 2 amide bonds. The number of benzene rings is 1. The molecule has 1 aromatic rings. The fraction of sp³-hybridized carbons (Fsp3) is 0.526. The van der Waals surface area contributed by atoms with Crippen LogP contribution in [-0.4, -0.2) is 45.9 Å². The van der Waals surface area contributed by atoms with Gasteiger partial charge in [0.2, 0.25) is 11.8 Å². The molecular formula is C19H22N4O4S. The van der Waals surface area contributed by atoms with Gasteiger partial charge in [0, 0.05) is 37.3 Å². The quantitative estimate of drug-likeness (QED) is 0.360. The number of fused-ring (bicyclic) bond motifs is 4. The van der Waals surface area contributed by atoms with Crippen molar-refractivity contribution in [3.63, 3.8) is 0 Å². The van der Waals surface area contributed by atoms with Gasteiger partial charge in [0.15, 0.2) is 10.5 Å². The molecule has 28 heavy (non-hydrogen) atoms. The number of piperidine rings is 1. The zero-order valence-electron chi connectivity index (χ0n) is 15.6. The van der Waals surface area contributed by atoms with Crippen molar-refractivity contribution in [1.29, 1.82) is 0 Å². The summed E-state index contributed by atoms with van der Waals surface area (Å²) in [4.78, 5) is 41.2. The summed E-state index contributed by atoms with van der Waals surface area (Å²) in [5.41, 5.74) is 0.214. The molecule has 9 heteroatoms. The average molecular weight is 402 g/mol. The number of nitrogens with zero attached hydrogens (tertiary/aromatic N) is 3. The highest BCUT2D eigenvalue weighted by molar-refractivity contribution is 7.80. The molecule has 0 bridgehead atoms. The Hall–Kier alpha value is -2.55. The molecule has 2 fully saturated rings. The van der Waals surface area contributed by atoms with Crippen molar-refractivity contribution in [3.8, 4) is 0 Å². The van der Waals surface area contributed by atoms with Crippen LogP contribution in [-0.2, 0) is 16.0 Å². The predicted molar refractivity (Wildman–Crippen MR) is 107 cm³/mol. The lowest BCUT2D eigenvalue weighted by molar-refractivity contribution is -0.384. The molecule has 1 aromatic carbocycles. The summed E-state index contributed by atoms with van der Waals surface area (Å²) >= 11 is 5.25. The fourth-order valence-electron chi connectivity index (χ4n) is 4.84. The van der Waals surface area contributed by atoms with Gasteiger partial charge in [-0.3, -0.25) is 24.6 Å². The van der Waals surface area contributed by atoms with Crippen LogP contribution in [0.15, 0.2) is 18.2 Å². The molecule has 2 saturated heterocycles. The molecule has 8 nitrogen and oxygen atoms in total. The van der Waals surface area contributed by atoms with Gasteiger partial charge in [0.25, 0.3) is 5.69 Å². The predicted octanol–water partition coefficient (Wildman–Crippen LogP) is 2.15. The van der Waals surface area contributed by atoms with Crippen molar-refractivity contribution in [2.45, 2.75) is 45.1 Å². The average Bonchev–Trinajstić information content (AvgIpc) is 2.69. The third kappa shape index (κ3) is 2.60. The number of rotatable bonds is 3. The maximum absolute atomic E-state index is 13.6. The minimum atomic E-state index is -1.31. The van der Waals surface area contributed by atoms with Crippen molar-refractivity contribution in [2.24, 2.45) is 5.41 Å². The molecule has 3 aliphatic rings. The van der Waals surface area contributed by atoms with Gasteiger partial charge in [-0.15, -0.1) is 0 Å². The maximum atomic E-state index is 13.6. The monoisotopic (exact) mass is 402 g/mol. The molecule has 0 aliphatic carbocycles. The zero-order valence-corrected chi connectivity index (χ0v) is 16.5. The van der Waals surface area contributed by atoms with E-state index < -0.39 is 10.3 Å². The van der Waals surface area contributed by atoms with Crippen LogP contribution in [0.5, 0.6) is 0 Å². The third-order valence-electron chi connectivity index (χ3n) is 6.07. The lowest BCUT2D eigenvalue weighted by atomic mass is 9.66. The van der Waals surface area contributed by atoms with E-state index in [4.69, 9.17) is 12.2 Å². The van der Waals surface area contributed by atoms with E-state index in [9.17, 15) is 19.7 Å². The second kappa shape index (κ2) is 6.80. The summed E-state index contributed by atoms with van der Waals surface area (Å²) in [5, 5.41) is 14.2. The number of nitro groups is 1. The van der Waals surface area contributed by atoms with Crippen LogP contribution < -0.4 is 10.2 Å². The number of non-ortho nitro benzene ring substituents is 1. The number of anilines is 1. The minimum Gasteiger partial charge on any atom is -0.367 e. The van der Waals surface area contributed by atoms with E-state index in [1.165, 1.54) is 17.0 Å². The molecule has 2 unspecified atom stereocenters. The molecule has 148 valence electrons. The Morgan fingerprint density at radius 1 is 1.36 bits per heavy atom. The molecule has 3 aliphatic heterocycles. The van der Waals surface area contributed by atoms with E-state index in [1.54, 1.807) is 6.07 Å². The van der Waals surface area contributed by atoms with E-state index in [0.29, 0.717) is 18.5 Å². The summed E-state index contributed by atoms with van der Waals surface area (Å²) in [6.45, 7) is 3.11. The lowest BCUT2D eigenvalue weighted by Gasteiger charge is -2.54. The highest BCUT2D eigenvalue weighted by atomic mass is 32.1. The summed E-state index contributed by atoms with van der Waals surface area (Å²) in [7, 11) is 0. The van der Waals surface area contributed by atoms with Crippen molar-refractivity contribution >= 4 is 40.5 Å². The molecule has 1 N–H and O–H groups in total. The number of hydrogen-bond acceptors (Lipinski definition) is 6. The second-order valence-corrected chi connectivity index (χ2v) is 8.03. The van der Waals surface area contributed by atoms with E-state index in [0.717, 1.165) is 31.5 Å². The van der Waals surface area contributed by atoms with Gasteiger partial charge < -0.3 is 10.2 Å². The first-order chi connectivity index (χ1) is 13.4.